The standard InChI is InChI=1S/C27H24F2N2O7/c1-31(2)21-15-8-10-7-14-12(13-4-3-11(28)9-16(13)29)5-6-17(32)19(14)22(33)18(10)24(35)27(15,38)25(36)20(23(21)34)26(30)37/h3-6,9-10,15,21,32-33,36,38H,7-8H2,1-2H3,(H2,30,37)/t10-,15-,21-,27-/m0/s1. The number of nitrogens with zero attached hydrogens (tertiary/aromatic N) is 1. The summed E-state index contributed by atoms with van der Waals surface area (Å²) in [6, 6.07) is 4.35. The van der Waals surface area contributed by atoms with Gasteiger partial charge in [-0.25, -0.2) is 8.78 Å². The predicted octanol–water partition coefficient (Wildman–Crippen LogP) is 1.91. The van der Waals surface area contributed by atoms with E-state index in [1.807, 2.05) is 0 Å². The zero-order chi connectivity index (χ0) is 27.8. The van der Waals surface area contributed by atoms with Gasteiger partial charge in [0.05, 0.1) is 11.6 Å². The van der Waals surface area contributed by atoms with Crippen LogP contribution in [-0.4, -0.2) is 68.5 Å². The number of likely N-dealkylation sites (N-methyl/N-ethyl adjacent to an activating group) is 1. The van der Waals surface area contributed by atoms with E-state index in [4.69, 9.17) is 5.73 Å². The lowest BCUT2D eigenvalue weighted by Crippen LogP contribution is -2.65. The summed E-state index contributed by atoms with van der Waals surface area (Å²) in [5, 5.41) is 44.3. The van der Waals surface area contributed by atoms with E-state index in [1.165, 1.54) is 37.2 Å². The molecule has 5 rings (SSSR count). The van der Waals surface area contributed by atoms with Crippen LogP contribution in [0.1, 0.15) is 17.5 Å². The van der Waals surface area contributed by atoms with E-state index in [2.05, 4.69) is 0 Å². The van der Waals surface area contributed by atoms with E-state index in [-0.39, 0.29) is 40.7 Å². The van der Waals surface area contributed by atoms with Gasteiger partial charge in [0.1, 0.15) is 34.5 Å². The van der Waals surface area contributed by atoms with Crippen LogP contribution in [0.3, 0.4) is 0 Å². The topological polar surface area (TPSA) is 161 Å². The molecule has 2 aromatic carbocycles. The summed E-state index contributed by atoms with van der Waals surface area (Å²) in [5.41, 5.74) is 1.69. The Morgan fingerprint density at radius 3 is 2.34 bits per heavy atom. The van der Waals surface area contributed by atoms with Crippen molar-refractivity contribution in [1.82, 2.24) is 4.90 Å². The summed E-state index contributed by atoms with van der Waals surface area (Å²) in [7, 11) is 3.00. The number of benzene rings is 2. The van der Waals surface area contributed by atoms with Crippen LogP contribution in [0.15, 0.2) is 47.2 Å². The molecule has 0 spiro atoms. The number of phenolic OH excluding ortho intramolecular Hbond substituents is 1. The number of carbonyl (C=O) groups is 3. The molecule has 4 atom stereocenters. The van der Waals surface area contributed by atoms with E-state index >= 15 is 0 Å². The molecule has 0 aromatic heterocycles. The summed E-state index contributed by atoms with van der Waals surface area (Å²) in [5.74, 6) is -9.34. The number of aromatic hydroxyl groups is 1. The van der Waals surface area contributed by atoms with E-state index < -0.39 is 75.4 Å². The van der Waals surface area contributed by atoms with Crippen molar-refractivity contribution in [2.45, 2.75) is 24.5 Å². The first-order valence-electron chi connectivity index (χ1n) is 11.8. The van der Waals surface area contributed by atoms with Crippen LogP contribution in [0.5, 0.6) is 5.75 Å². The van der Waals surface area contributed by atoms with Crippen LogP contribution in [-0.2, 0) is 20.8 Å². The van der Waals surface area contributed by atoms with Crippen LogP contribution < -0.4 is 5.73 Å². The van der Waals surface area contributed by atoms with Crippen molar-refractivity contribution >= 4 is 23.2 Å². The number of amides is 1. The third-order valence-electron chi connectivity index (χ3n) is 7.83. The zero-order valence-corrected chi connectivity index (χ0v) is 20.3. The number of aliphatic hydroxyl groups is 3. The van der Waals surface area contributed by atoms with Gasteiger partial charge in [0, 0.05) is 23.1 Å². The van der Waals surface area contributed by atoms with Gasteiger partial charge in [-0.3, -0.25) is 19.3 Å². The summed E-state index contributed by atoms with van der Waals surface area (Å²) in [6.45, 7) is 0. The number of ketones is 2. The highest BCUT2D eigenvalue weighted by atomic mass is 19.1. The molecule has 11 heteroatoms. The monoisotopic (exact) mass is 526 g/mol. The number of carbonyl (C=O) groups excluding carboxylic acids is 3. The lowest BCUT2D eigenvalue weighted by molar-refractivity contribution is -0.153. The average Bonchev–Trinajstić information content (AvgIpc) is 2.81. The normalized spacial score (nSPS) is 26.8. The second kappa shape index (κ2) is 8.47. The smallest absolute Gasteiger partial charge is 0.255 e. The largest absolute Gasteiger partial charge is 0.508 e. The molecule has 198 valence electrons. The maximum absolute atomic E-state index is 14.7. The number of primary amides is 1. The Kier molecular flexibility index (Phi) is 5.69. The SMILES string of the molecule is CN(C)[C@@H]1C(=O)C(C(N)=O)=C(O)[C@@]2(O)C(=O)C3=C(O)c4c(O)ccc(-c5ccc(F)cc5F)c4C[C@H]3C[C@@H]12. The Hall–Kier alpha value is -4.09. The molecule has 2 aromatic rings. The number of fused-ring (bicyclic) bond motifs is 3. The molecule has 1 fully saturated rings. The number of rotatable bonds is 3. The van der Waals surface area contributed by atoms with Crippen molar-refractivity contribution < 1.29 is 43.6 Å². The second-order valence-electron chi connectivity index (χ2n) is 10.1. The number of hydrogen-bond donors (Lipinski definition) is 5. The Morgan fingerprint density at radius 2 is 1.74 bits per heavy atom. The minimum atomic E-state index is -2.75. The molecule has 6 N–H and O–H groups in total. The van der Waals surface area contributed by atoms with E-state index in [9.17, 15) is 43.6 Å². The molecule has 0 unspecified atom stereocenters. The van der Waals surface area contributed by atoms with Gasteiger partial charge in [0.15, 0.2) is 11.4 Å². The first kappa shape index (κ1) is 25.6. The number of hydrogen-bond acceptors (Lipinski definition) is 8. The number of phenols is 1. The predicted molar refractivity (Wildman–Crippen MR) is 130 cm³/mol. The van der Waals surface area contributed by atoms with Crippen LogP contribution >= 0.6 is 0 Å². The molecule has 3 aliphatic rings. The maximum atomic E-state index is 14.7. The summed E-state index contributed by atoms with van der Waals surface area (Å²) in [6.07, 6.45) is -0.123. The second-order valence-corrected chi connectivity index (χ2v) is 10.1. The van der Waals surface area contributed by atoms with E-state index in [1.54, 1.807) is 0 Å². The minimum Gasteiger partial charge on any atom is -0.508 e. The molecule has 3 aliphatic carbocycles. The molecule has 9 nitrogen and oxygen atoms in total. The van der Waals surface area contributed by atoms with Crippen molar-refractivity contribution in [3.05, 3.63) is 70.0 Å². The maximum Gasteiger partial charge on any atom is 0.255 e. The number of halogens is 2. The van der Waals surface area contributed by atoms with E-state index in [0.717, 1.165) is 6.07 Å². The first-order chi connectivity index (χ1) is 17.8. The highest BCUT2D eigenvalue weighted by molar-refractivity contribution is 6.24. The quantitative estimate of drug-likeness (QED) is 0.379. The van der Waals surface area contributed by atoms with Crippen LogP contribution in [0.4, 0.5) is 8.78 Å². The van der Waals surface area contributed by atoms with Gasteiger partial charge in [0.25, 0.3) is 5.91 Å². The Bertz CT molecular complexity index is 1510. The fraction of sp³-hybridized carbons (Fsp3) is 0.296. The number of Topliss-reactive ketones (excluding diaryl/α,β-unsaturated/α-hetero) is 2. The van der Waals surface area contributed by atoms with Crippen LogP contribution in [0.2, 0.25) is 0 Å². The minimum absolute atomic E-state index is 0.00299. The third kappa shape index (κ3) is 3.31. The lowest BCUT2D eigenvalue weighted by Gasteiger charge is -2.50. The van der Waals surface area contributed by atoms with Crippen molar-refractivity contribution in [3.63, 3.8) is 0 Å². The Morgan fingerprint density at radius 1 is 1.08 bits per heavy atom. The van der Waals surface area contributed by atoms with Crippen molar-refractivity contribution in [3.8, 4) is 16.9 Å². The van der Waals surface area contributed by atoms with Crippen molar-refractivity contribution in [1.29, 1.82) is 0 Å². The molecule has 0 heterocycles. The number of aliphatic hydroxyl groups excluding tert-OH is 2. The van der Waals surface area contributed by atoms with Crippen LogP contribution in [0, 0.1) is 23.5 Å². The van der Waals surface area contributed by atoms with Crippen molar-refractivity contribution in [2.24, 2.45) is 17.6 Å². The number of nitrogens with two attached hydrogens (primary N) is 1. The molecule has 0 bridgehead atoms. The average molecular weight is 526 g/mol. The van der Waals surface area contributed by atoms with Crippen molar-refractivity contribution in [2.75, 3.05) is 14.1 Å². The molecular formula is C27H24F2N2O7. The molecule has 38 heavy (non-hydrogen) atoms. The zero-order valence-electron chi connectivity index (χ0n) is 20.3. The van der Waals surface area contributed by atoms with Gasteiger partial charge in [-0.05, 0) is 62.2 Å². The lowest BCUT2D eigenvalue weighted by atomic mass is 9.57. The summed E-state index contributed by atoms with van der Waals surface area (Å²) in [4.78, 5) is 40.4. The fourth-order valence-electron chi connectivity index (χ4n) is 6.20. The molecule has 0 aliphatic heterocycles. The van der Waals surface area contributed by atoms with E-state index in [0.29, 0.717) is 6.07 Å². The molecule has 0 radical (unpaired) electrons. The van der Waals surface area contributed by atoms with Gasteiger partial charge in [0.2, 0.25) is 5.78 Å². The molecule has 0 saturated heterocycles. The Labute approximate surface area is 215 Å². The van der Waals surface area contributed by atoms with Crippen LogP contribution in [0.25, 0.3) is 16.9 Å². The fourth-order valence-corrected chi connectivity index (χ4v) is 6.20. The summed E-state index contributed by atoms with van der Waals surface area (Å²) >= 11 is 0. The highest BCUT2D eigenvalue weighted by Gasteiger charge is 2.64. The summed E-state index contributed by atoms with van der Waals surface area (Å²) < 4.78 is 28.3. The third-order valence-corrected chi connectivity index (χ3v) is 7.83. The molecular weight excluding hydrogens is 502 g/mol. The highest BCUT2D eigenvalue weighted by Crippen LogP contribution is 2.53. The van der Waals surface area contributed by atoms with Gasteiger partial charge in [-0.1, -0.05) is 6.07 Å². The van der Waals surface area contributed by atoms with Gasteiger partial charge >= 0.3 is 0 Å². The van der Waals surface area contributed by atoms with Gasteiger partial charge in [-0.15, -0.1) is 0 Å². The molecule has 1 saturated carbocycles. The first-order valence-corrected chi connectivity index (χ1v) is 11.8. The Balaban J connectivity index is 1.75. The van der Waals surface area contributed by atoms with Gasteiger partial charge < -0.3 is 26.2 Å². The molecule has 1 amide bonds. The van der Waals surface area contributed by atoms with Gasteiger partial charge in [-0.2, -0.15) is 0 Å².